The second-order valence-electron chi connectivity index (χ2n) is 15.4. The smallest absolute Gasteiger partial charge is 0.247 e. The first-order valence-corrected chi connectivity index (χ1v) is 17.4. The second-order valence-corrected chi connectivity index (χ2v) is 15.4. The SMILES string of the molecule is C[C@@H](OCC1CCCCC1)[C@H](NC(=O)[C@@H]1CN(Cc2ccccc2)CC12CN(C(=O)[C@H]1CC1(C)C)C2)C(=O)N1CCCCC1. The van der Waals surface area contributed by atoms with Crippen molar-refractivity contribution in [2.45, 2.75) is 97.2 Å². The molecule has 3 aliphatic heterocycles. The highest BCUT2D eigenvalue weighted by Crippen LogP contribution is 2.54. The van der Waals surface area contributed by atoms with E-state index in [4.69, 9.17) is 4.74 Å². The molecule has 0 bridgehead atoms. The molecule has 1 spiro atoms. The standard InChI is InChI=1S/C36H54N4O4/c1-26(44-22-28-15-9-5-10-16-28)31(34(43)39-17-11-6-12-18-39)37-32(41)30-21-38(20-27-13-7-4-8-14-27)23-36(30)24-40(25-36)33(42)29-19-35(29,2)3/h4,7-8,13-14,26,28-31H,5-6,9-12,15-25H2,1-3H3,(H,37,41)/t26-,29-,30+,31+/m1/s1. The molecule has 242 valence electrons. The zero-order valence-corrected chi connectivity index (χ0v) is 27.3. The zero-order valence-electron chi connectivity index (χ0n) is 27.3. The lowest BCUT2D eigenvalue weighted by Crippen LogP contribution is -2.65. The Labute approximate surface area is 264 Å². The predicted octanol–water partition coefficient (Wildman–Crippen LogP) is 4.48. The normalized spacial score (nSPS) is 27.9. The summed E-state index contributed by atoms with van der Waals surface area (Å²) in [5.41, 5.74) is 1.01. The summed E-state index contributed by atoms with van der Waals surface area (Å²) in [5.74, 6) is 0.510. The lowest BCUT2D eigenvalue weighted by Gasteiger charge is -2.51. The number of ether oxygens (including phenoxy) is 1. The van der Waals surface area contributed by atoms with Crippen LogP contribution in [0.5, 0.6) is 0 Å². The second kappa shape index (κ2) is 13.1. The van der Waals surface area contributed by atoms with Crippen molar-refractivity contribution < 1.29 is 19.1 Å². The Morgan fingerprint density at radius 2 is 1.57 bits per heavy atom. The molecule has 0 unspecified atom stereocenters. The van der Waals surface area contributed by atoms with E-state index < -0.39 is 12.1 Å². The molecule has 1 aromatic rings. The van der Waals surface area contributed by atoms with Crippen LogP contribution in [-0.2, 0) is 25.7 Å². The van der Waals surface area contributed by atoms with E-state index in [1.54, 1.807) is 0 Å². The minimum absolute atomic E-state index is 0.0104. The van der Waals surface area contributed by atoms with Crippen molar-refractivity contribution in [2.24, 2.45) is 28.6 Å². The van der Waals surface area contributed by atoms with Gasteiger partial charge in [0.2, 0.25) is 17.7 Å². The van der Waals surface area contributed by atoms with Gasteiger partial charge in [-0.25, -0.2) is 0 Å². The largest absolute Gasteiger partial charge is 0.376 e. The predicted molar refractivity (Wildman–Crippen MR) is 170 cm³/mol. The van der Waals surface area contributed by atoms with Crippen molar-refractivity contribution in [3.63, 3.8) is 0 Å². The van der Waals surface area contributed by atoms with Crippen LogP contribution >= 0.6 is 0 Å². The molecule has 2 saturated carbocycles. The lowest BCUT2D eigenvalue weighted by atomic mass is 9.70. The van der Waals surface area contributed by atoms with Gasteiger partial charge < -0.3 is 19.9 Å². The van der Waals surface area contributed by atoms with E-state index in [1.807, 2.05) is 22.8 Å². The molecule has 6 rings (SSSR count). The molecule has 0 radical (unpaired) electrons. The number of piperidine rings is 1. The third-order valence-electron chi connectivity index (χ3n) is 11.4. The molecule has 0 aromatic heterocycles. The summed E-state index contributed by atoms with van der Waals surface area (Å²) in [4.78, 5) is 47.8. The van der Waals surface area contributed by atoms with Gasteiger partial charge in [-0.2, -0.15) is 0 Å². The highest BCUT2D eigenvalue weighted by molar-refractivity contribution is 5.90. The van der Waals surface area contributed by atoms with Gasteiger partial charge in [0.15, 0.2) is 0 Å². The molecular weight excluding hydrogens is 552 g/mol. The van der Waals surface area contributed by atoms with Gasteiger partial charge in [-0.1, -0.05) is 63.4 Å². The van der Waals surface area contributed by atoms with E-state index in [-0.39, 0.29) is 40.4 Å². The third kappa shape index (κ3) is 6.86. The summed E-state index contributed by atoms with van der Waals surface area (Å²) in [7, 11) is 0. The highest BCUT2D eigenvalue weighted by Gasteiger charge is 2.61. The average Bonchev–Trinajstić information content (AvgIpc) is 3.49. The maximum atomic E-state index is 14.3. The topological polar surface area (TPSA) is 82.2 Å². The van der Waals surface area contributed by atoms with E-state index in [1.165, 1.54) is 37.7 Å². The molecule has 8 nitrogen and oxygen atoms in total. The quantitative estimate of drug-likeness (QED) is 0.425. The van der Waals surface area contributed by atoms with Crippen LogP contribution in [0, 0.1) is 28.6 Å². The third-order valence-corrected chi connectivity index (χ3v) is 11.4. The van der Waals surface area contributed by atoms with Crippen molar-refractivity contribution in [2.75, 3.05) is 45.9 Å². The Bertz CT molecular complexity index is 1170. The molecule has 8 heteroatoms. The van der Waals surface area contributed by atoms with Crippen LogP contribution < -0.4 is 5.32 Å². The van der Waals surface area contributed by atoms with Crippen LogP contribution in [-0.4, -0.2) is 90.4 Å². The minimum atomic E-state index is -0.700. The number of carbonyl (C=O) groups excluding carboxylic acids is 3. The fourth-order valence-corrected chi connectivity index (χ4v) is 8.38. The molecule has 44 heavy (non-hydrogen) atoms. The fraction of sp³-hybridized carbons (Fsp3) is 0.750. The van der Waals surface area contributed by atoms with Crippen LogP contribution in [0.2, 0.25) is 0 Å². The molecule has 5 aliphatic rings. The molecule has 5 fully saturated rings. The number of amides is 3. The Kier molecular flexibility index (Phi) is 9.40. The van der Waals surface area contributed by atoms with E-state index >= 15 is 0 Å². The van der Waals surface area contributed by atoms with Gasteiger partial charge in [0.25, 0.3) is 0 Å². The number of nitrogens with zero attached hydrogens (tertiary/aromatic N) is 3. The Hall–Kier alpha value is -2.45. The monoisotopic (exact) mass is 606 g/mol. The van der Waals surface area contributed by atoms with Gasteiger partial charge in [0, 0.05) is 63.8 Å². The maximum Gasteiger partial charge on any atom is 0.247 e. The Morgan fingerprint density at radius 3 is 2.23 bits per heavy atom. The Balaban J connectivity index is 1.17. The van der Waals surface area contributed by atoms with Gasteiger partial charge in [0.1, 0.15) is 6.04 Å². The highest BCUT2D eigenvalue weighted by atomic mass is 16.5. The maximum absolute atomic E-state index is 14.3. The van der Waals surface area contributed by atoms with Crippen molar-refractivity contribution >= 4 is 17.7 Å². The Morgan fingerprint density at radius 1 is 0.909 bits per heavy atom. The first kappa shape index (κ1) is 31.5. The number of likely N-dealkylation sites (tertiary alicyclic amines) is 3. The van der Waals surface area contributed by atoms with Crippen LogP contribution in [0.15, 0.2) is 30.3 Å². The van der Waals surface area contributed by atoms with E-state index in [9.17, 15) is 14.4 Å². The summed E-state index contributed by atoms with van der Waals surface area (Å²) in [6.07, 6.45) is 9.85. The van der Waals surface area contributed by atoms with Crippen molar-refractivity contribution in [1.29, 1.82) is 0 Å². The van der Waals surface area contributed by atoms with Crippen molar-refractivity contribution in [1.82, 2.24) is 20.0 Å². The van der Waals surface area contributed by atoms with Crippen LogP contribution in [0.4, 0.5) is 0 Å². The zero-order chi connectivity index (χ0) is 30.9. The molecule has 3 saturated heterocycles. The van der Waals surface area contributed by atoms with Crippen LogP contribution in [0.1, 0.15) is 84.1 Å². The summed E-state index contributed by atoms with van der Waals surface area (Å²) in [5, 5.41) is 3.26. The van der Waals surface area contributed by atoms with E-state index in [0.29, 0.717) is 32.2 Å². The van der Waals surface area contributed by atoms with Gasteiger partial charge in [0.05, 0.1) is 12.0 Å². The summed E-state index contributed by atoms with van der Waals surface area (Å²) in [6, 6.07) is 9.69. The number of hydrogen-bond acceptors (Lipinski definition) is 5. The molecule has 4 atom stereocenters. The van der Waals surface area contributed by atoms with Crippen molar-refractivity contribution in [3.8, 4) is 0 Å². The summed E-state index contributed by atoms with van der Waals surface area (Å²) in [6.45, 7) is 11.8. The number of carbonyl (C=O) groups is 3. The van der Waals surface area contributed by atoms with Gasteiger partial charge in [-0.3, -0.25) is 19.3 Å². The molecule has 3 heterocycles. The molecule has 2 aliphatic carbocycles. The first-order valence-electron chi connectivity index (χ1n) is 17.4. The van der Waals surface area contributed by atoms with Gasteiger partial charge in [-0.15, -0.1) is 0 Å². The molecule has 1 aromatic carbocycles. The lowest BCUT2D eigenvalue weighted by molar-refractivity contribution is -0.153. The first-order chi connectivity index (χ1) is 21.1. The van der Waals surface area contributed by atoms with Crippen LogP contribution in [0.3, 0.4) is 0 Å². The number of benzene rings is 1. The summed E-state index contributed by atoms with van der Waals surface area (Å²) < 4.78 is 6.39. The fourth-order valence-electron chi connectivity index (χ4n) is 8.38. The van der Waals surface area contributed by atoms with E-state index in [2.05, 4.69) is 48.3 Å². The average molecular weight is 607 g/mol. The number of nitrogens with one attached hydrogen (secondary N) is 1. The van der Waals surface area contributed by atoms with Crippen molar-refractivity contribution in [3.05, 3.63) is 35.9 Å². The number of hydrogen-bond donors (Lipinski definition) is 1. The molecule has 3 amide bonds. The molecule has 1 N–H and O–H groups in total. The number of rotatable bonds is 10. The van der Waals surface area contributed by atoms with Crippen LogP contribution in [0.25, 0.3) is 0 Å². The van der Waals surface area contributed by atoms with E-state index in [0.717, 1.165) is 51.9 Å². The summed E-state index contributed by atoms with van der Waals surface area (Å²) >= 11 is 0. The van der Waals surface area contributed by atoms with Gasteiger partial charge in [-0.05, 0) is 62.3 Å². The van der Waals surface area contributed by atoms with Gasteiger partial charge >= 0.3 is 0 Å². The molecular formula is C36H54N4O4. The minimum Gasteiger partial charge on any atom is -0.376 e.